The average molecular weight is 271 g/mol. The molecule has 3 heterocycles. The number of aromatic amines is 1. The fourth-order valence-corrected chi connectivity index (χ4v) is 4.24. The van der Waals surface area contributed by atoms with E-state index < -0.39 is 0 Å². The predicted octanol–water partition coefficient (Wildman–Crippen LogP) is 1.64. The first-order valence-electron chi connectivity index (χ1n) is 7.47. The molecule has 0 bridgehead atoms. The van der Waals surface area contributed by atoms with E-state index in [9.17, 15) is 0 Å². The maximum absolute atomic E-state index is 4.53. The van der Waals surface area contributed by atoms with Gasteiger partial charge in [0.05, 0.1) is 5.39 Å². The lowest BCUT2D eigenvalue weighted by molar-refractivity contribution is 0.381. The van der Waals surface area contributed by atoms with E-state index in [1.54, 1.807) is 6.33 Å². The second-order valence-electron chi connectivity index (χ2n) is 6.29. The van der Waals surface area contributed by atoms with Crippen LogP contribution in [-0.2, 0) is 0 Å². The number of fused-ring (bicyclic) bond motifs is 2. The number of aromatic nitrogens is 3. The Hall–Kier alpha value is -1.62. The van der Waals surface area contributed by atoms with Gasteiger partial charge in [-0.25, -0.2) is 9.97 Å². The molecule has 4 atom stereocenters. The monoisotopic (exact) mass is 271 g/mol. The summed E-state index contributed by atoms with van der Waals surface area (Å²) in [5, 5.41) is 4.65. The summed E-state index contributed by atoms with van der Waals surface area (Å²) in [5.74, 6) is 3.43. The molecule has 0 spiro atoms. The highest BCUT2D eigenvalue weighted by atomic mass is 15.2. The summed E-state index contributed by atoms with van der Waals surface area (Å²) in [6.07, 6.45) is 4.87. The summed E-state index contributed by atoms with van der Waals surface area (Å²) in [7, 11) is 2.18. The van der Waals surface area contributed by atoms with Crippen molar-refractivity contribution in [3.05, 3.63) is 18.6 Å². The van der Waals surface area contributed by atoms with Crippen LogP contribution in [0.25, 0.3) is 11.0 Å². The van der Waals surface area contributed by atoms with Gasteiger partial charge in [-0.1, -0.05) is 6.92 Å². The number of anilines is 1. The average Bonchev–Trinajstić information content (AvgIpc) is 3.15. The second kappa shape index (κ2) is 4.45. The summed E-state index contributed by atoms with van der Waals surface area (Å²) >= 11 is 0. The van der Waals surface area contributed by atoms with E-state index in [0.717, 1.165) is 28.7 Å². The van der Waals surface area contributed by atoms with Gasteiger partial charge in [0, 0.05) is 19.3 Å². The van der Waals surface area contributed by atoms with Crippen molar-refractivity contribution in [1.29, 1.82) is 0 Å². The molecule has 2 aliphatic rings. The lowest BCUT2D eigenvalue weighted by atomic mass is 9.93. The molecule has 1 saturated carbocycles. The van der Waals surface area contributed by atoms with E-state index in [4.69, 9.17) is 0 Å². The number of hydrogen-bond acceptors (Lipinski definition) is 4. The predicted molar refractivity (Wildman–Crippen MR) is 79.7 cm³/mol. The van der Waals surface area contributed by atoms with Crippen molar-refractivity contribution in [2.75, 3.05) is 25.0 Å². The normalized spacial score (nSPS) is 32.7. The summed E-state index contributed by atoms with van der Waals surface area (Å²) in [6.45, 7) is 4.76. The van der Waals surface area contributed by atoms with Gasteiger partial charge in [-0.05, 0) is 43.3 Å². The van der Waals surface area contributed by atoms with Gasteiger partial charge in [0.1, 0.15) is 17.8 Å². The van der Waals surface area contributed by atoms with Crippen LogP contribution in [0.3, 0.4) is 0 Å². The molecule has 2 fully saturated rings. The molecule has 20 heavy (non-hydrogen) atoms. The van der Waals surface area contributed by atoms with Crippen molar-refractivity contribution in [2.45, 2.75) is 19.4 Å². The van der Waals surface area contributed by atoms with Crippen LogP contribution in [0, 0.1) is 17.8 Å². The lowest BCUT2D eigenvalue weighted by Crippen LogP contribution is -2.37. The Bertz CT molecular complexity index is 622. The van der Waals surface area contributed by atoms with Crippen molar-refractivity contribution >= 4 is 16.9 Å². The van der Waals surface area contributed by atoms with Gasteiger partial charge in [0.2, 0.25) is 0 Å². The van der Waals surface area contributed by atoms with E-state index in [1.165, 1.54) is 19.5 Å². The van der Waals surface area contributed by atoms with Gasteiger partial charge in [0.25, 0.3) is 0 Å². The summed E-state index contributed by atoms with van der Waals surface area (Å²) in [4.78, 5) is 14.4. The Balaban J connectivity index is 1.67. The van der Waals surface area contributed by atoms with Crippen LogP contribution in [0.2, 0.25) is 0 Å². The third-order valence-electron chi connectivity index (χ3n) is 5.38. The molecule has 106 valence electrons. The minimum absolute atomic E-state index is 0.583. The van der Waals surface area contributed by atoms with Crippen LogP contribution < -0.4 is 10.2 Å². The van der Waals surface area contributed by atoms with Gasteiger partial charge < -0.3 is 15.2 Å². The van der Waals surface area contributed by atoms with Gasteiger partial charge in [-0.2, -0.15) is 0 Å². The van der Waals surface area contributed by atoms with Crippen LogP contribution in [0.15, 0.2) is 18.6 Å². The fourth-order valence-electron chi connectivity index (χ4n) is 4.24. The number of nitrogens with one attached hydrogen (secondary N) is 2. The highest BCUT2D eigenvalue weighted by Gasteiger charge is 2.44. The quantitative estimate of drug-likeness (QED) is 0.872. The number of nitrogens with zero attached hydrogens (tertiary/aromatic N) is 3. The van der Waals surface area contributed by atoms with E-state index in [-0.39, 0.29) is 0 Å². The Labute approximate surface area is 118 Å². The van der Waals surface area contributed by atoms with Crippen LogP contribution in [0.1, 0.15) is 13.3 Å². The third kappa shape index (κ3) is 1.66. The Morgan fingerprint density at radius 1 is 1.30 bits per heavy atom. The molecule has 0 aromatic carbocycles. The summed E-state index contributed by atoms with van der Waals surface area (Å²) in [6, 6.07) is 2.66. The molecule has 0 amide bonds. The molecule has 1 aliphatic heterocycles. The first-order chi connectivity index (χ1) is 9.75. The molecule has 1 saturated heterocycles. The van der Waals surface area contributed by atoms with Gasteiger partial charge in [0.15, 0.2) is 0 Å². The van der Waals surface area contributed by atoms with Crippen LogP contribution in [0.5, 0.6) is 0 Å². The molecular weight excluding hydrogens is 250 g/mol. The molecule has 2 aromatic rings. The van der Waals surface area contributed by atoms with Crippen molar-refractivity contribution in [3.8, 4) is 0 Å². The Morgan fingerprint density at radius 3 is 3.05 bits per heavy atom. The molecule has 0 radical (unpaired) electrons. The Kier molecular flexibility index (Phi) is 2.70. The van der Waals surface area contributed by atoms with Crippen molar-refractivity contribution in [3.63, 3.8) is 0 Å². The zero-order valence-corrected chi connectivity index (χ0v) is 12.0. The molecule has 5 heteroatoms. The van der Waals surface area contributed by atoms with Gasteiger partial charge in [-0.15, -0.1) is 0 Å². The summed E-state index contributed by atoms with van der Waals surface area (Å²) in [5.41, 5.74) is 0.925. The summed E-state index contributed by atoms with van der Waals surface area (Å²) < 4.78 is 0. The van der Waals surface area contributed by atoms with E-state index in [0.29, 0.717) is 12.0 Å². The smallest absolute Gasteiger partial charge is 0.142 e. The Morgan fingerprint density at radius 2 is 2.20 bits per heavy atom. The molecule has 2 aromatic heterocycles. The van der Waals surface area contributed by atoms with E-state index >= 15 is 0 Å². The van der Waals surface area contributed by atoms with Gasteiger partial charge in [-0.3, -0.25) is 0 Å². The minimum Gasteiger partial charge on any atom is -0.356 e. The first kappa shape index (κ1) is 12.1. The lowest BCUT2D eigenvalue weighted by Gasteiger charge is -2.31. The first-order valence-corrected chi connectivity index (χ1v) is 7.47. The maximum atomic E-state index is 4.53. The van der Waals surface area contributed by atoms with Crippen molar-refractivity contribution in [1.82, 2.24) is 20.3 Å². The highest BCUT2D eigenvalue weighted by molar-refractivity contribution is 5.87. The zero-order valence-electron chi connectivity index (χ0n) is 12.0. The highest BCUT2D eigenvalue weighted by Crippen LogP contribution is 2.42. The largest absolute Gasteiger partial charge is 0.356 e. The molecule has 0 unspecified atom stereocenters. The van der Waals surface area contributed by atoms with Gasteiger partial charge >= 0.3 is 0 Å². The third-order valence-corrected chi connectivity index (χ3v) is 5.38. The standard InChI is InChI=1S/C15H21N5/c1-9-12-7-16-6-10(12)5-13(9)20(2)15-11-3-4-17-14(11)18-8-19-15/h3-4,8-10,12-13,16H,5-7H2,1-2H3,(H,17,18,19)/t9-,10-,12-,13+/m1/s1. The zero-order chi connectivity index (χ0) is 13.7. The molecule has 1 aliphatic carbocycles. The maximum Gasteiger partial charge on any atom is 0.142 e. The number of H-pyrrole nitrogens is 1. The van der Waals surface area contributed by atoms with Crippen molar-refractivity contribution in [2.24, 2.45) is 17.8 Å². The number of rotatable bonds is 2. The molecule has 5 nitrogen and oxygen atoms in total. The molecule has 2 N–H and O–H groups in total. The second-order valence-corrected chi connectivity index (χ2v) is 6.29. The molecule has 4 rings (SSSR count). The van der Waals surface area contributed by atoms with Crippen LogP contribution in [-0.4, -0.2) is 41.1 Å². The van der Waals surface area contributed by atoms with Crippen molar-refractivity contribution < 1.29 is 0 Å². The van der Waals surface area contributed by atoms with E-state index in [2.05, 4.69) is 45.2 Å². The minimum atomic E-state index is 0.583. The van der Waals surface area contributed by atoms with E-state index in [1.807, 2.05) is 6.20 Å². The number of hydrogen-bond donors (Lipinski definition) is 2. The fraction of sp³-hybridized carbons (Fsp3) is 0.600. The SMILES string of the molecule is C[C@@H]1[C@H]2CNC[C@H]2C[C@@H]1N(C)c1ncnc2[nH]ccc12. The van der Waals surface area contributed by atoms with Crippen LogP contribution in [0.4, 0.5) is 5.82 Å². The van der Waals surface area contributed by atoms with Crippen LogP contribution >= 0.6 is 0 Å². The molecular formula is C15H21N5. The topological polar surface area (TPSA) is 56.8 Å².